The Bertz CT molecular complexity index is 997. The molecule has 1 aromatic carbocycles. The normalized spacial score (nSPS) is 20.9. The summed E-state index contributed by atoms with van der Waals surface area (Å²) in [4.78, 5) is 33.2. The smallest absolute Gasteiger partial charge is 0.325 e. The molecule has 2 aliphatic rings. The van der Waals surface area contributed by atoms with Gasteiger partial charge in [0.2, 0.25) is 5.96 Å². The molecule has 1 fully saturated rings. The molecule has 0 saturated carbocycles. The monoisotopic (exact) mass is 410 g/mol. The van der Waals surface area contributed by atoms with Crippen molar-refractivity contribution in [3.63, 3.8) is 0 Å². The maximum atomic E-state index is 12.8. The molecule has 2 aliphatic heterocycles. The summed E-state index contributed by atoms with van der Waals surface area (Å²) in [6.45, 7) is 4.56. The summed E-state index contributed by atoms with van der Waals surface area (Å²) in [7, 11) is 3.28. The van der Waals surface area contributed by atoms with Gasteiger partial charge in [0.05, 0.1) is 12.8 Å². The average Bonchev–Trinajstić information content (AvgIpc) is 3.34. The van der Waals surface area contributed by atoms with E-state index in [1.165, 1.54) is 4.90 Å². The summed E-state index contributed by atoms with van der Waals surface area (Å²) in [5, 5.41) is 7.15. The van der Waals surface area contributed by atoms with E-state index in [2.05, 4.69) is 25.2 Å². The predicted octanol–water partition coefficient (Wildman–Crippen LogP) is 1.61. The first-order valence-electron chi connectivity index (χ1n) is 10.1. The van der Waals surface area contributed by atoms with Crippen LogP contribution in [0.2, 0.25) is 0 Å². The van der Waals surface area contributed by atoms with Gasteiger partial charge in [-0.15, -0.1) is 0 Å². The number of carbonyl (C=O) groups excluding carboxylic acids is 2. The van der Waals surface area contributed by atoms with Crippen molar-refractivity contribution in [1.29, 1.82) is 0 Å². The van der Waals surface area contributed by atoms with E-state index >= 15 is 0 Å². The molecule has 0 bridgehead atoms. The van der Waals surface area contributed by atoms with Crippen LogP contribution in [0.4, 0.5) is 4.79 Å². The number of nitrogens with zero attached hydrogens (tertiary/aromatic N) is 5. The number of amides is 3. The second-order valence-corrected chi connectivity index (χ2v) is 7.41. The molecular formula is C21H26N6O3. The van der Waals surface area contributed by atoms with E-state index in [4.69, 9.17) is 14.8 Å². The van der Waals surface area contributed by atoms with Crippen LogP contribution in [0.15, 0.2) is 35.3 Å². The summed E-state index contributed by atoms with van der Waals surface area (Å²) in [6.07, 6.45) is 0.981. The number of rotatable bonds is 5. The number of urea groups is 1. The molecule has 30 heavy (non-hydrogen) atoms. The molecule has 9 heteroatoms. The van der Waals surface area contributed by atoms with Gasteiger partial charge in [-0.2, -0.15) is 5.10 Å². The molecule has 0 radical (unpaired) electrons. The highest BCUT2D eigenvalue weighted by Crippen LogP contribution is 2.27. The fourth-order valence-electron chi connectivity index (χ4n) is 3.86. The second kappa shape index (κ2) is 7.81. The predicted molar refractivity (Wildman–Crippen MR) is 111 cm³/mol. The number of fused-ring (bicyclic) bond motifs is 1. The first-order chi connectivity index (χ1) is 14.5. The van der Waals surface area contributed by atoms with Crippen LogP contribution >= 0.6 is 0 Å². The fourth-order valence-corrected chi connectivity index (χ4v) is 3.86. The van der Waals surface area contributed by atoms with Crippen LogP contribution in [-0.4, -0.2) is 63.8 Å². The van der Waals surface area contributed by atoms with Gasteiger partial charge in [0, 0.05) is 19.3 Å². The molecule has 2 atom stereocenters. The minimum atomic E-state index is -0.621. The lowest BCUT2D eigenvalue weighted by Crippen LogP contribution is -2.63. The van der Waals surface area contributed by atoms with Crippen LogP contribution in [-0.2, 0) is 24.2 Å². The number of methoxy groups -OCH3 is 1. The van der Waals surface area contributed by atoms with Crippen LogP contribution in [0.25, 0.3) is 0 Å². The molecule has 0 aliphatic carbocycles. The van der Waals surface area contributed by atoms with Crippen molar-refractivity contribution in [2.45, 2.75) is 45.4 Å². The van der Waals surface area contributed by atoms with Gasteiger partial charge in [0.25, 0.3) is 5.91 Å². The van der Waals surface area contributed by atoms with Gasteiger partial charge in [-0.3, -0.25) is 10.1 Å². The molecule has 0 spiro atoms. The van der Waals surface area contributed by atoms with E-state index in [0.29, 0.717) is 12.5 Å². The quantitative estimate of drug-likeness (QED) is 0.809. The number of ether oxygens (including phenoxy) is 1. The number of aryl methyl sites for hydroxylation is 2. The topological polar surface area (TPSA) is 92.1 Å². The Morgan fingerprint density at radius 1 is 1.13 bits per heavy atom. The molecule has 9 nitrogen and oxygen atoms in total. The number of aliphatic imine (C=N–C) groups is 1. The van der Waals surface area contributed by atoms with Crippen LogP contribution in [0.5, 0.6) is 5.75 Å². The minimum absolute atomic E-state index is 0.351. The number of nitrogens with one attached hydrogen (secondary N) is 1. The van der Waals surface area contributed by atoms with E-state index in [1.807, 2.05) is 33.8 Å². The van der Waals surface area contributed by atoms with Gasteiger partial charge in [-0.05, 0) is 36.6 Å². The third kappa shape index (κ3) is 3.30. The average molecular weight is 410 g/mol. The Balaban J connectivity index is 1.77. The lowest BCUT2D eigenvalue weighted by Gasteiger charge is -2.36. The molecule has 158 valence electrons. The first kappa shape index (κ1) is 19.9. The molecular weight excluding hydrogens is 384 g/mol. The highest BCUT2D eigenvalue weighted by atomic mass is 16.5. The van der Waals surface area contributed by atoms with Gasteiger partial charge in [0.1, 0.15) is 5.75 Å². The maximum absolute atomic E-state index is 12.8. The largest absolute Gasteiger partial charge is 0.497 e. The van der Waals surface area contributed by atoms with Gasteiger partial charge < -0.3 is 14.5 Å². The number of imide groups is 1. The van der Waals surface area contributed by atoms with Crippen molar-refractivity contribution < 1.29 is 14.3 Å². The second-order valence-electron chi connectivity index (χ2n) is 7.41. The summed E-state index contributed by atoms with van der Waals surface area (Å²) in [5.74, 6) is 0.992. The lowest BCUT2D eigenvalue weighted by molar-refractivity contribution is -0.127. The summed E-state index contributed by atoms with van der Waals surface area (Å²) in [6, 6.07) is 8.69. The van der Waals surface area contributed by atoms with Crippen LogP contribution in [0.1, 0.15) is 30.8 Å². The SMILES string of the molecule is CCc1cc(CC)n(C2=NC3C(C(=O)NC(=O)N3C)N2Cc2ccc(OC)cc2)n1. The van der Waals surface area contributed by atoms with Gasteiger partial charge in [0.15, 0.2) is 12.2 Å². The number of benzene rings is 1. The van der Waals surface area contributed by atoms with Crippen molar-refractivity contribution in [3.8, 4) is 5.75 Å². The van der Waals surface area contributed by atoms with Crippen molar-refractivity contribution in [2.24, 2.45) is 4.99 Å². The van der Waals surface area contributed by atoms with E-state index in [9.17, 15) is 9.59 Å². The van der Waals surface area contributed by atoms with Crippen LogP contribution < -0.4 is 10.1 Å². The third-order valence-electron chi connectivity index (χ3n) is 5.60. The number of hydrogen-bond acceptors (Lipinski definition) is 6. The van der Waals surface area contributed by atoms with Gasteiger partial charge in [-0.25, -0.2) is 14.5 Å². The molecule has 4 rings (SSSR count). The number of hydrogen-bond donors (Lipinski definition) is 1. The highest BCUT2D eigenvalue weighted by Gasteiger charge is 2.49. The Morgan fingerprint density at radius 2 is 1.87 bits per heavy atom. The first-order valence-corrected chi connectivity index (χ1v) is 10.1. The summed E-state index contributed by atoms with van der Waals surface area (Å²) >= 11 is 0. The molecule has 1 saturated heterocycles. The number of likely N-dealkylation sites (N-methyl/N-ethyl adjacent to an activating group) is 1. The minimum Gasteiger partial charge on any atom is -0.497 e. The van der Waals surface area contributed by atoms with Crippen LogP contribution in [0, 0.1) is 0 Å². The highest BCUT2D eigenvalue weighted by molar-refractivity contribution is 6.04. The van der Waals surface area contributed by atoms with Crippen molar-refractivity contribution in [3.05, 3.63) is 47.3 Å². The van der Waals surface area contributed by atoms with Gasteiger partial charge in [-0.1, -0.05) is 26.0 Å². The van der Waals surface area contributed by atoms with E-state index in [0.717, 1.165) is 35.5 Å². The molecule has 3 amide bonds. The standard InChI is InChI=1S/C21H26N6O3/c1-5-14-11-15(6-2)27(24-14)20-22-18-17(19(28)23-21(29)25(18)3)26(20)12-13-7-9-16(30-4)10-8-13/h7-11,17-18H,5-6,12H2,1-4H3,(H,23,28,29). The molecule has 1 aromatic heterocycles. The molecule has 1 N–H and O–H groups in total. The Labute approximate surface area is 175 Å². The number of aromatic nitrogens is 2. The molecule has 2 aromatic rings. The van der Waals surface area contributed by atoms with Gasteiger partial charge >= 0.3 is 6.03 Å². The van der Waals surface area contributed by atoms with Crippen molar-refractivity contribution in [1.82, 2.24) is 24.9 Å². The Kier molecular flexibility index (Phi) is 5.19. The Hall–Kier alpha value is -3.36. The van der Waals surface area contributed by atoms with E-state index < -0.39 is 18.2 Å². The fraction of sp³-hybridized carbons (Fsp3) is 0.429. The third-order valence-corrected chi connectivity index (χ3v) is 5.60. The van der Waals surface area contributed by atoms with Crippen LogP contribution in [0.3, 0.4) is 0 Å². The zero-order valence-corrected chi connectivity index (χ0v) is 17.6. The zero-order chi connectivity index (χ0) is 21.4. The van der Waals surface area contributed by atoms with E-state index in [-0.39, 0.29) is 5.91 Å². The lowest BCUT2D eigenvalue weighted by atomic mass is 10.1. The zero-order valence-electron chi connectivity index (χ0n) is 17.6. The Morgan fingerprint density at radius 3 is 2.50 bits per heavy atom. The van der Waals surface area contributed by atoms with Crippen molar-refractivity contribution in [2.75, 3.05) is 14.2 Å². The number of carbonyl (C=O) groups is 2. The summed E-state index contributed by atoms with van der Waals surface area (Å²) in [5.41, 5.74) is 2.97. The van der Waals surface area contributed by atoms with Crippen molar-refractivity contribution >= 4 is 17.9 Å². The van der Waals surface area contributed by atoms with E-state index in [1.54, 1.807) is 14.2 Å². The molecule has 3 heterocycles. The summed E-state index contributed by atoms with van der Waals surface area (Å²) < 4.78 is 7.06. The molecule has 2 unspecified atom stereocenters. The maximum Gasteiger partial charge on any atom is 0.325 e.